The van der Waals surface area contributed by atoms with Crippen molar-refractivity contribution in [1.82, 2.24) is 0 Å². The molecule has 0 fully saturated rings. The first-order valence-electron chi connectivity index (χ1n) is 3.94. The number of anilines is 1. The normalized spacial score (nSPS) is 9.92. The molecule has 1 aromatic carbocycles. The lowest BCUT2D eigenvalue weighted by molar-refractivity contribution is 0.625. The van der Waals surface area contributed by atoms with Crippen LogP contribution in [0.5, 0.6) is 0 Å². The summed E-state index contributed by atoms with van der Waals surface area (Å²) in [5.41, 5.74) is 7.26. The summed E-state index contributed by atoms with van der Waals surface area (Å²) in [5, 5.41) is 2.99. The largest absolute Gasteiger partial charge is 0.388 e. The van der Waals surface area contributed by atoms with Crippen molar-refractivity contribution in [3.63, 3.8) is 0 Å². The number of hydrogen-bond acceptors (Lipinski definition) is 2. The van der Waals surface area contributed by atoms with Crippen molar-refractivity contribution in [1.29, 1.82) is 0 Å². The van der Waals surface area contributed by atoms with Gasteiger partial charge in [0.05, 0.1) is 0 Å². The van der Waals surface area contributed by atoms with E-state index in [0.717, 1.165) is 11.3 Å². The average molecular weight is 168 g/mol. The summed E-state index contributed by atoms with van der Waals surface area (Å²) < 4.78 is 12.7. The van der Waals surface area contributed by atoms with E-state index in [0.29, 0.717) is 13.0 Å². The Bertz CT molecular complexity index is 261. The molecule has 0 spiro atoms. The fourth-order valence-electron chi connectivity index (χ4n) is 1.17. The molecule has 0 unspecified atom stereocenters. The first kappa shape index (κ1) is 9.00. The molecule has 0 heterocycles. The second-order valence-corrected chi connectivity index (χ2v) is 2.59. The standard InChI is InChI=1S/C9H13FN2/c1-12-9-3-2-8(10)6-7(9)4-5-11/h2-3,6,12H,4-5,11H2,1H3. The van der Waals surface area contributed by atoms with E-state index in [-0.39, 0.29) is 5.82 Å². The van der Waals surface area contributed by atoms with Crippen LogP contribution in [0, 0.1) is 5.82 Å². The monoisotopic (exact) mass is 168 g/mol. The highest BCUT2D eigenvalue weighted by atomic mass is 19.1. The third-order valence-corrected chi connectivity index (χ3v) is 1.75. The number of hydrogen-bond donors (Lipinski definition) is 2. The Morgan fingerprint density at radius 3 is 2.83 bits per heavy atom. The molecule has 66 valence electrons. The highest BCUT2D eigenvalue weighted by Gasteiger charge is 2.00. The molecule has 0 bridgehead atoms. The highest BCUT2D eigenvalue weighted by molar-refractivity contribution is 5.50. The van der Waals surface area contributed by atoms with Gasteiger partial charge in [-0.2, -0.15) is 0 Å². The molecule has 0 aliphatic heterocycles. The van der Waals surface area contributed by atoms with Crippen LogP contribution in [0.15, 0.2) is 18.2 Å². The van der Waals surface area contributed by atoms with Gasteiger partial charge in [0.2, 0.25) is 0 Å². The number of nitrogens with one attached hydrogen (secondary N) is 1. The Morgan fingerprint density at radius 2 is 2.25 bits per heavy atom. The van der Waals surface area contributed by atoms with Gasteiger partial charge < -0.3 is 11.1 Å². The molecule has 0 atom stereocenters. The lowest BCUT2D eigenvalue weighted by Crippen LogP contribution is -2.05. The van der Waals surface area contributed by atoms with E-state index in [2.05, 4.69) is 5.32 Å². The van der Waals surface area contributed by atoms with Crippen molar-refractivity contribution in [3.8, 4) is 0 Å². The van der Waals surface area contributed by atoms with Gasteiger partial charge in [-0.1, -0.05) is 0 Å². The van der Waals surface area contributed by atoms with Crippen molar-refractivity contribution in [2.45, 2.75) is 6.42 Å². The first-order chi connectivity index (χ1) is 5.77. The number of nitrogens with two attached hydrogens (primary N) is 1. The predicted molar refractivity (Wildman–Crippen MR) is 48.7 cm³/mol. The zero-order valence-electron chi connectivity index (χ0n) is 7.10. The van der Waals surface area contributed by atoms with Crippen molar-refractivity contribution < 1.29 is 4.39 Å². The highest BCUT2D eigenvalue weighted by Crippen LogP contribution is 2.16. The van der Waals surface area contributed by atoms with Gasteiger partial charge in [0.15, 0.2) is 0 Å². The summed E-state index contributed by atoms with van der Waals surface area (Å²) in [4.78, 5) is 0. The SMILES string of the molecule is CNc1ccc(F)cc1CCN. The van der Waals surface area contributed by atoms with Gasteiger partial charge in [-0.15, -0.1) is 0 Å². The minimum atomic E-state index is -0.211. The minimum Gasteiger partial charge on any atom is -0.388 e. The van der Waals surface area contributed by atoms with Gasteiger partial charge in [-0.05, 0) is 36.7 Å². The Hall–Kier alpha value is -1.09. The van der Waals surface area contributed by atoms with Gasteiger partial charge in [0.1, 0.15) is 5.82 Å². The van der Waals surface area contributed by atoms with Crippen LogP contribution in [0.3, 0.4) is 0 Å². The van der Waals surface area contributed by atoms with Gasteiger partial charge in [0, 0.05) is 12.7 Å². The number of benzene rings is 1. The van der Waals surface area contributed by atoms with Gasteiger partial charge in [0.25, 0.3) is 0 Å². The maximum atomic E-state index is 12.7. The lowest BCUT2D eigenvalue weighted by Gasteiger charge is -2.07. The topological polar surface area (TPSA) is 38.0 Å². The van der Waals surface area contributed by atoms with Crippen molar-refractivity contribution in [2.75, 3.05) is 18.9 Å². The number of rotatable bonds is 3. The van der Waals surface area contributed by atoms with E-state index in [1.54, 1.807) is 6.07 Å². The molecule has 0 saturated carbocycles. The zero-order valence-corrected chi connectivity index (χ0v) is 7.10. The van der Waals surface area contributed by atoms with E-state index < -0.39 is 0 Å². The zero-order chi connectivity index (χ0) is 8.97. The average Bonchev–Trinajstić information content (AvgIpc) is 2.05. The first-order valence-corrected chi connectivity index (χ1v) is 3.94. The molecule has 1 rings (SSSR count). The molecule has 0 amide bonds. The summed E-state index contributed by atoms with van der Waals surface area (Å²) >= 11 is 0. The van der Waals surface area contributed by atoms with Crippen LogP contribution < -0.4 is 11.1 Å². The molecular weight excluding hydrogens is 155 g/mol. The maximum Gasteiger partial charge on any atom is 0.123 e. The molecule has 0 saturated heterocycles. The van der Waals surface area contributed by atoms with Gasteiger partial charge in [-0.3, -0.25) is 0 Å². The van der Waals surface area contributed by atoms with Crippen LogP contribution in [0.1, 0.15) is 5.56 Å². The third kappa shape index (κ3) is 1.95. The Balaban J connectivity index is 2.95. The second kappa shape index (κ2) is 4.07. The van der Waals surface area contributed by atoms with Crippen molar-refractivity contribution >= 4 is 5.69 Å². The molecule has 12 heavy (non-hydrogen) atoms. The van der Waals surface area contributed by atoms with E-state index in [1.807, 2.05) is 7.05 Å². The fraction of sp³-hybridized carbons (Fsp3) is 0.333. The van der Waals surface area contributed by atoms with Crippen LogP contribution in [-0.4, -0.2) is 13.6 Å². The molecule has 1 aromatic rings. The van der Waals surface area contributed by atoms with Crippen LogP contribution in [-0.2, 0) is 6.42 Å². The molecule has 3 N–H and O–H groups in total. The van der Waals surface area contributed by atoms with E-state index in [4.69, 9.17) is 5.73 Å². The van der Waals surface area contributed by atoms with Crippen LogP contribution in [0.4, 0.5) is 10.1 Å². The molecule has 0 aliphatic rings. The predicted octanol–water partition coefficient (Wildman–Crippen LogP) is 1.37. The van der Waals surface area contributed by atoms with Crippen LogP contribution in [0.25, 0.3) is 0 Å². The summed E-state index contributed by atoms with van der Waals surface area (Å²) in [7, 11) is 1.81. The molecule has 2 nitrogen and oxygen atoms in total. The summed E-state index contributed by atoms with van der Waals surface area (Å²) in [6.45, 7) is 0.540. The molecule has 0 aromatic heterocycles. The lowest BCUT2D eigenvalue weighted by atomic mass is 10.1. The number of halogens is 1. The Labute approximate surface area is 71.6 Å². The second-order valence-electron chi connectivity index (χ2n) is 2.59. The third-order valence-electron chi connectivity index (χ3n) is 1.75. The quantitative estimate of drug-likeness (QED) is 0.715. The minimum absolute atomic E-state index is 0.211. The summed E-state index contributed by atoms with van der Waals surface area (Å²) in [6, 6.07) is 4.67. The molecule has 0 aliphatic carbocycles. The van der Waals surface area contributed by atoms with E-state index >= 15 is 0 Å². The van der Waals surface area contributed by atoms with Crippen LogP contribution >= 0.6 is 0 Å². The summed E-state index contributed by atoms with van der Waals surface area (Å²) in [5.74, 6) is -0.211. The van der Waals surface area contributed by atoms with Crippen molar-refractivity contribution in [2.24, 2.45) is 5.73 Å². The molecular formula is C9H13FN2. The fourth-order valence-corrected chi connectivity index (χ4v) is 1.17. The van der Waals surface area contributed by atoms with Crippen molar-refractivity contribution in [3.05, 3.63) is 29.6 Å². The molecule has 0 radical (unpaired) electrons. The Kier molecular flexibility index (Phi) is 3.05. The smallest absolute Gasteiger partial charge is 0.123 e. The van der Waals surface area contributed by atoms with E-state index in [9.17, 15) is 4.39 Å². The Morgan fingerprint density at radius 1 is 1.50 bits per heavy atom. The van der Waals surface area contributed by atoms with Crippen LogP contribution in [0.2, 0.25) is 0 Å². The maximum absolute atomic E-state index is 12.7. The van der Waals surface area contributed by atoms with E-state index in [1.165, 1.54) is 12.1 Å². The molecule has 3 heteroatoms. The van der Waals surface area contributed by atoms with Gasteiger partial charge in [-0.25, -0.2) is 4.39 Å². The van der Waals surface area contributed by atoms with Gasteiger partial charge >= 0.3 is 0 Å². The summed E-state index contributed by atoms with van der Waals surface area (Å²) in [6.07, 6.45) is 0.702.